The number of nitrogens with zero attached hydrogens (tertiary/aromatic N) is 2. The van der Waals surface area contributed by atoms with Crippen LogP contribution in [0.2, 0.25) is 0 Å². The van der Waals surface area contributed by atoms with E-state index in [9.17, 15) is 0 Å². The molecule has 154 valence electrons. The third kappa shape index (κ3) is 7.27. The SMILES string of the molecule is COc1ccc(CCNC(=NCCc2ncc(C)s2)NCCc2ccco2)cc1. The Morgan fingerprint density at radius 3 is 2.55 bits per heavy atom. The highest BCUT2D eigenvalue weighted by molar-refractivity contribution is 7.11. The first-order valence-electron chi connectivity index (χ1n) is 9.82. The van der Waals surface area contributed by atoms with E-state index >= 15 is 0 Å². The van der Waals surface area contributed by atoms with Crippen LogP contribution in [-0.2, 0) is 19.3 Å². The van der Waals surface area contributed by atoms with Crippen LogP contribution in [0.5, 0.6) is 5.75 Å². The van der Waals surface area contributed by atoms with Gasteiger partial charge in [0.25, 0.3) is 0 Å². The summed E-state index contributed by atoms with van der Waals surface area (Å²) in [4.78, 5) is 10.4. The number of aryl methyl sites for hydroxylation is 1. The molecule has 0 aliphatic rings. The molecule has 0 aliphatic carbocycles. The Bertz CT molecular complexity index is 873. The van der Waals surface area contributed by atoms with Gasteiger partial charge in [0.05, 0.1) is 18.4 Å². The van der Waals surface area contributed by atoms with Crippen LogP contribution in [0.1, 0.15) is 21.2 Å². The lowest BCUT2D eigenvalue weighted by Crippen LogP contribution is -2.39. The Hall–Kier alpha value is -2.80. The average Bonchev–Trinajstić information content (AvgIpc) is 3.40. The molecule has 0 atom stereocenters. The minimum Gasteiger partial charge on any atom is -0.497 e. The van der Waals surface area contributed by atoms with Crippen LogP contribution in [0.3, 0.4) is 0 Å². The second kappa shape index (κ2) is 11.3. The molecule has 29 heavy (non-hydrogen) atoms. The van der Waals surface area contributed by atoms with Crippen LogP contribution < -0.4 is 15.4 Å². The van der Waals surface area contributed by atoms with Gasteiger partial charge in [0.1, 0.15) is 11.5 Å². The molecule has 6 nitrogen and oxygen atoms in total. The molecule has 0 radical (unpaired) electrons. The summed E-state index contributed by atoms with van der Waals surface area (Å²) in [5, 5.41) is 7.95. The van der Waals surface area contributed by atoms with Gasteiger partial charge in [-0.3, -0.25) is 4.99 Å². The minimum atomic E-state index is 0.700. The number of guanidine groups is 1. The number of aromatic nitrogens is 1. The Morgan fingerprint density at radius 1 is 1.10 bits per heavy atom. The standard InChI is InChI=1S/C22H28N4O2S/c1-17-16-26-21(29-17)11-14-25-22(24-13-10-20-4-3-15-28-20)23-12-9-18-5-7-19(27-2)8-6-18/h3-8,15-16H,9-14H2,1-2H3,(H2,23,24,25). The van der Waals surface area contributed by atoms with Gasteiger partial charge < -0.3 is 19.8 Å². The maximum Gasteiger partial charge on any atom is 0.191 e. The summed E-state index contributed by atoms with van der Waals surface area (Å²) in [6, 6.07) is 12.1. The van der Waals surface area contributed by atoms with E-state index in [1.165, 1.54) is 10.4 Å². The number of thiazole rings is 1. The summed E-state index contributed by atoms with van der Waals surface area (Å²) in [5.74, 6) is 2.66. The molecule has 0 amide bonds. The van der Waals surface area contributed by atoms with Crippen LogP contribution in [-0.4, -0.2) is 37.7 Å². The van der Waals surface area contributed by atoms with Crippen LogP contribution >= 0.6 is 11.3 Å². The maximum absolute atomic E-state index is 5.40. The predicted molar refractivity (Wildman–Crippen MR) is 118 cm³/mol. The van der Waals surface area contributed by atoms with E-state index in [0.717, 1.165) is 54.8 Å². The van der Waals surface area contributed by atoms with Gasteiger partial charge in [-0.25, -0.2) is 4.98 Å². The summed E-state index contributed by atoms with van der Waals surface area (Å²) in [6.07, 6.45) is 6.20. The first-order chi connectivity index (χ1) is 14.2. The molecule has 7 heteroatoms. The smallest absolute Gasteiger partial charge is 0.191 e. The fourth-order valence-electron chi connectivity index (χ4n) is 2.83. The zero-order valence-electron chi connectivity index (χ0n) is 17.0. The molecular formula is C22H28N4O2S. The number of rotatable bonds is 10. The molecule has 0 saturated carbocycles. The zero-order chi connectivity index (χ0) is 20.3. The predicted octanol–water partition coefficient (Wildman–Crippen LogP) is 3.62. The second-order valence-electron chi connectivity index (χ2n) is 6.63. The van der Waals surface area contributed by atoms with Crippen molar-refractivity contribution in [3.05, 3.63) is 70.1 Å². The van der Waals surface area contributed by atoms with Crippen LogP contribution in [0, 0.1) is 6.92 Å². The van der Waals surface area contributed by atoms with Gasteiger partial charge in [0, 0.05) is 43.5 Å². The highest BCUT2D eigenvalue weighted by Gasteiger charge is 2.03. The molecule has 2 N–H and O–H groups in total. The topological polar surface area (TPSA) is 71.7 Å². The fourth-order valence-corrected chi connectivity index (χ4v) is 3.61. The lowest BCUT2D eigenvalue weighted by Gasteiger charge is -2.12. The van der Waals surface area contributed by atoms with E-state index in [1.54, 1.807) is 24.7 Å². The molecule has 2 aromatic heterocycles. The number of ether oxygens (including phenoxy) is 1. The third-order valence-corrected chi connectivity index (χ3v) is 5.35. The number of furan rings is 1. The Kier molecular flexibility index (Phi) is 8.12. The van der Waals surface area contributed by atoms with Gasteiger partial charge in [-0.05, 0) is 43.2 Å². The number of hydrogen-bond donors (Lipinski definition) is 2. The molecule has 0 unspecified atom stereocenters. The van der Waals surface area contributed by atoms with Crippen molar-refractivity contribution in [3.63, 3.8) is 0 Å². The van der Waals surface area contributed by atoms with Gasteiger partial charge in [-0.15, -0.1) is 11.3 Å². The van der Waals surface area contributed by atoms with E-state index in [2.05, 4.69) is 34.7 Å². The normalized spacial score (nSPS) is 11.4. The quantitative estimate of drug-likeness (QED) is 0.393. The molecule has 0 bridgehead atoms. The van der Waals surface area contributed by atoms with Gasteiger partial charge in [-0.2, -0.15) is 0 Å². The van der Waals surface area contributed by atoms with Crippen molar-refractivity contribution in [2.75, 3.05) is 26.7 Å². The fraction of sp³-hybridized carbons (Fsp3) is 0.364. The molecule has 1 aromatic carbocycles. The first-order valence-corrected chi connectivity index (χ1v) is 10.6. The zero-order valence-corrected chi connectivity index (χ0v) is 17.8. The highest BCUT2D eigenvalue weighted by atomic mass is 32.1. The summed E-state index contributed by atoms with van der Waals surface area (Å²) in [7, 11) is 1.68. The number of methoxy groups -OCH3 is 1. The molecule has 0 aliphatic heterocycles. The van der Waals surface area contributed by atoms with Gasteiger partial charge >= 0.3 is 0 Å². The van der Waals surface area contributed by atoms with E-state index < -0.39 is 0 Å². The van der Waals surface area contributed by atoms with Crippen LogP contribution in [0.15, 0.2) is 58.3 Å². The maximum atomic E-state index is 5.40. The van der Waals surface area contributed by atoms with Gasteiger partial charge in [0.15, 0.2) is 5.96 Å². The van der Waals surface area contributed by atoms with Crippen molar-refractivity contribution in [3.8, 4) is 5.75 Å². The Morgan fingerprint density at radius 2 is 1.90 bits per heavy atom. The second-order valence-corrected chi connectivity index (χ2v) is 7.95. The first kappa shape index (κ1) is 20.9. The number of aliphatic imine (C=N–C) groups is 1. The summed E-state index contributed by atoms with van der Waals surface area (Å²) >= 11 is 1.73. The van der Waals surface area contributed by atoms with Crippen molar-refractivity contribution in [2.45, 2.75) is 26.2 Å². The molecular weight excluding hydrogens is 384 g/mol. The van der Waals surface area contributed by atoms with Crippen molar-refractivity contribution >= 4 is 17.3 Å². The molecule has 2 heterocycles. The highest BCUT2D eigenvalue weighted by Crippen LogP contribution is 2.12. The van der Waals surface area contributed by atoms with Gasteiger partial charge in [0.2, 0.25) is 0 Å². The van der Waals surface area contributed by atoms with E-state index in [-0.39, 0.29) is 0 Å². The molecule has 0 fully saturated rings. The van der Waals surface area contributed by atoms with E-state index in [4.69, 9.17) is 14.1 Å². The van der Waals surface area contributed by atoms with Crippen LogP contribution in [0.25, 0.3) is 0 Å². The monoisotopic (exact) mass is 412 g/mol. The number of benzene rings is 1. The number of nitrogens with one attached hydrogen (secondary N) is 2. The number of hydrogen-bond acceptors (Lipinski definition) is 5. The summed E-state index contributed by atoms with van der Waals surface area (Å²) in [5.41, 5.74) is 1.26. The summed E-state index contributed by atoms with van der Waals surface area (Å²) in [6.45, 7) is 4.34. The van der Waals surface area contributed by atoms with Crippen molar-refractivity contribution in [2.24, 2.45) is 4.99 Å². The molecule has 0 spiro atoms. The van der Waals surface area contributed by atoms with Crippen molar-refractivity contribution in [1.29, 1.82) is 0 Å². The van der Waals surface area contributed by atoms with E-state index in [0.29, 0.717) is 6.54 Å². The Balaban J connectivity index is 1.49. The lowest BCUT2D eigenvalue weighted by molar-refractivity contribution is 0.414. The van der Waals surface area contributed by atoms with Crippen molar-refractivity contribution in [1.82, 2.24) is 15.6 Å². The Labute approximate surface area is 176 Å². The largest absolute Gasteiger partial charge is 0.497 e. The summed E-state index contributed by atoms with van der Waals surface area (Å²) < 4.78 is 10.6. The van der Waals surface area contributed by atoms with E-state index in [1.807, 2.05) is 30.5 Å². The third-order valence-electron chi connectivity index (χ3n) is 4.37. The van der Waals surface area contributed by atoms with Crippen molar-refractivity contribution < 1.29 is 9.15 Å². The van der Waals surface area contributed by atoms with Gasteiger partial charge in [-0.1, -0.05) is 12.1 Å². The molecule has 3 aromatic rings. The minimum absolute atomic E-state index is 0.700. The van der Waals surface area contributed by atoms with Crippen LogP contribution in [0.4, 0.5) is 0 Å². The molecule has 3 rings (SSSR count). The molecule has 0 saturated heterocycles. The average molecular weight is 413 g/mol. The lowest BCUT2D eigenvalue weighted by atomic mass is 10.1.